The highest BCUT2D eigenvalue weighted by atomic mass is 16.5. The molecule has 4 heteroatoms. The maximum Gasteiger partial charge on any atom is 0.308 e. The molecule has 0 aliphatic carbocycles. The first-order chi connectivity index (χ1) is 12.2. The van der Waals surface area contributed by atoms with Crippen LogP contribution in [0.25, 0.3) is 0 Å². The van der Waals surface area contributed by atoms with Gasteiger partial charge in [0.1, 0.15) is 0 Å². The van der Waals surface area contributed by atoms with Crippen LogP contribution in [0.2, 0.25) is 0 Å². The van der Waals surface area contributed by atoms with Gasteiger partial charge in [-0.25, -0.2) is 0 Å². The quantitative estimate of drug-likeness (QED) is 0.804. The molecule has 0 spiro atoms. The van der Waals surface area contributed by atoms with Gasteiger partial charge in [0.05, 0.1) is 13.0 Å². The fourth-order valence-electron chi connectivity index (χ4n) is 3.35. The summed E-state index contributed by atoms with van der Waals surface area (Å²) in [5.74, 6) is -0.208. The van der Waals surface area contributed by atoms with Gasteiger partial charge in [-0.15, -0.1) is 0 Å². The van der Waals surface area contributed by atoms with E-state index in [1.165, 1.54) is 12.7 Å². The summed E-state index contributed by atoms with van der Waals surface area (Å²) in [5, 5.41) is 0. The summed E-state index contributed by atoms with van der Waals surface area (Å²) in [6.07, 6.45) is 2.07. The lowest BCUT2D eigenvalue weighted by molar-refractivity contribution is -0.146. The molecule has 2 aromatic carbocycles. The first-order valence-electron chi connectivity index (χ1n) is 8.68. The van der Waals surface area contributed by atoms with E-state index in [1.807, 2.05) is 47.4 Å². The van der Waals surface area contributed by atoms with Crippen molar-refractivity contribution in [2.45, 2.75) is 19.3 Å². The van der Waals surface area contributed by atoms with E-state index >= 15 is 0 Å². The van der Waals surface area contributed by atoms with Crippen LogP contribution in [0.5, 0.6) is 0 Å². The van der Waals surface area contributed by atoms with Crippen molar-refractivity contribution in [3.8, 4) is 0 Å². The number of methoxy groups -OCH3 is 1. The van der Waals surface area contributed by atoms with Gasteiger partial charge >= 0.3 is 5.97 Å². The van der Waals surface area contributed by atoms with Crippen LogP contribution >= 0.6 is 0 Å². The van der Waals surface area contributed by atoms with E-state index in [1.54, 1.807) is 0 Å². The molecule has 0 atom stereocenters. The largest absolute Gasteiger partial charge is 0.469 e. The molecule has 0 bridgehead atoms. The third kappa shape index (κ3) is 4.08. The van der Waals surface area contributed by atoms with E-state index < -0.39 is 0 Å². The molecule has 3 rings (SSSR count). The second kappa shape index (κ2) is 7.97. The number of carbonyl (C=O) groups excluding carboxylic acids is 2. The highest BCUT2D eigenvalue weighted by molar-refractivity contribution is 5.96. The molecule has 1 aliphatic rings. The Balaban J connectivity index is 1.72. The number of nitrogens with zero attached hydrogens (tertiary/aromatic N) is 1. The molecule has 0 radical (unpaired) electrons. The third-order valence-electron chi connectivity index (χ3n) is 4.80. The van der Waals surface area contributed by atoms with Crippen LogP contribution in [0.3, 0.4) is 0 Å². The summed E-state index contributed by atoms with van der Waals surface area (Å²) in [6, 6.07) is 17.9. The number of amides is 1. The molecule has 130 valence electrons. The van der Waals surface area contributed by atoms with E-state index in [0.717, 1.165) is 17.5 Å². The third-order valence-corrected chi connectivity index (χ3v) is 4.80. The van der Waals surface area contributed by atoms with E-state index in [0.29, 0.717) is 25.9 Å². The normalized spacial score (nSPS) is 15.0. The Morgan fingerprint density at radius 2 is 1.64 bits per heavy atom. The average molecular weight is 337 g/mol. The molecule has 1 aliphatic heterocycles. The average Bonchev–Trinajstić information content (AvgIpc) is 2.68. The predicted molar refractivity (Wildman–Crippen MR) is 96.3 cm³/mol. The SMILES string of the molecule is COC(=O)C1CCN(C(=O)c2ccccc2Cc2ccccc2)CC1. The standard InChI is InChI=1S/C21H23NO3/c1-25-21(24)17-11-13-22(14-12-17)20(23)19-10-6-5-9-18(19)15-16-7-3-2-4-8-16/h2-10,17H,11-15H2,1H3. The van der Waals surface area contributed by atoms with Gasteiger partial charge in [-0.2, -0.15) is 0 Å². The Morgan fingerprint density at radius 1 is 1.00 bits per heavy atom. The summed E-state index contributed by atoms with van der Waals surface area (Å²) in [7, 11) is 1.42. The summed E-state index contributed by atoms with van der Waals surface area (Å²) >= 11 is 0. The zero-order valence-electron chi connectivity index (χ0n) is 14.5. The molecular weight excluding hydrogens is 314 g/mol. The lowest BCUT2D eigenvalue weighted by Gasteiger charge is -2.31. The number of carbonyl (C=O) groups is 2. The monoisotopic (exact) mass is 337 g/mol. The van der Waals surface area contributed by atoms with Gasteiger partial charge < -0.3 is 9.64 Å². The van der Waals surface area contributed by atoms with Crippen LogP contribution in [0.4, 0.5) is 0 Å². The lowest BCUT2D eigenvalue weighted by atomic mass is 9.95. The first-order valence-corrected chi connectivity index (χ1v) is 8.68. The number of rotatable bonds is 4. The second-order valence-electron chi connectivity index (χ2n) is 6.41. The molecule has 0 N–H and O–H groups in total. The molecule has 1 amide bonds. The lowest BCUT2D eigenvalue weighted by Crippen LogP contribution is -2.40. The molecule has 1 fully saturated rings. The summed E-state index contributed by atoms with van der Waals surface area (Å²) in [5.41, 5.74) is 2.98. The molecule has 4 nitrogen and oxygen atoms in total. The minimum absolute atomic E-state index is 0.0508. The topological polar surface area (TPSA) is 46.6 Å². The van der Waals surface area contributed by atoms with E-state index in [-0.39, 0.29) is 17.8 Å². The Kier molecular flexibility index (Phi) is 5.49. The minimum Gasteiger partial charge on any atom is -0.469 e. The number of likely N-dealkylation sites (tertiary alicyclic amines) is 1. The Labute approximate surface area is 148 Å². The number of hydrogen-bond donors (Lipinski definition) is 0. The fourth-order valence-corrected chi connectivity index (χ4v) is 3.35. The summed E-state index contributed by atoms with van der Waals surface area (Å²) in [4.78, 5) is 26.5. The van der Waals surface area contributed by atoms with E-state index in [9.17, 15) is 9.59 Å². The van der Waals surface area contributed by atoms with Crippen molar-refractivity contribution in [1.29, 1.82) is 0 Å². The van der Waals surface area contributed by atoms with Crippen molar-refractivity contribution in [3.63, 3.8) is 0 Å². The minimum atomic E-state index is -0.170. The zero-order chi connectivity index (χ0) is 17.6. The molecule has 0 unspecified atom stereocenters. The second-order valence-corrected chi connectivity index (χ2v) is 6.41. The molecule has 25 heavy (non-hydrogen) atoms. The van der Waals surface area contributed by atoms with Crippen LogP contribution < -0.4 is 0 Å². The van der Waals surface area contributed by atoms with Gasteiger partial charge in [0.15, 0.2) is 0 Å². The van der Waals surface area contributed by atoms with Gasteiger partial charge in [0.2, 0.25) is 0 Å². The molecular formula is C21H23NO3. The summed E-state index contributed by atoms with van der Waals surface area (Å²) < 4.78 is 4.81. The smallest absolute Gasteiger partial charge is 0.308 e. The molecule has 2 aromatic rings. The highest BCUT2D eigenvalue weighted by Crippen LogP contribution is 2.22. The zero-order valence-corrected chi connectivity index (χ0v) is 14.5. The van der Waals surface area contributed by atoms with Crippen molar-refractivity contribution in [3.05, 3.63) is 71.3 Å². The van der Waals surface area contributed by atoms with Gasteiger partial charge in [-0.05, 0) is 36.5 Å². The van der Waals surface area contributed by atoms with Crippen molar-refractivity contribution in [2.24, 2.45) is 5.92 Å². The molecule has 1 heterocycles. The van der Waals surface area contributed by atoms with Crippen LogP contribution in [0, 0.1) is 5.92 Å². The van der Waals surface area contributed by atoms with Crippen molar-refractivity contribution in [2.75, 3.05) is 20.2 Å². The molecule has 1 saturated heterocycles. The number of benzene rings is 2. The Bertz CT molecular complexity index is 734. The fraction of sp³-hybridized carbons (Fsp3) is 0.333. The molecule has 0 aromatic heterocycles. The van der Waals surface area contributed by atoms with Crippen LogP contribution in [0.1, 0.15) is 34.3 Å². The van der Waals surface area contributed by atoms with Crippen molar-refractivity contribution in [1.82, 2.24) is 4.90 Å². The van der Waals surface area contributed by atoms with E-state index in [4.69, 9.17) is 4.74 Å². The van der Waals surface area contributed by atoms with Crippen LogP contribution in [0.15, 0.2) is 54.6 Å². The Hall–Kier alpha value is -2.62. The number of ether oxygens (including phenoxy) is 1. The van der Waals surface area contributed by atoms with Crippen LogP contribution in [-0.4, -0.2) is 37.0 Å². The van der Waals surface area contributed by atoms with Gasteiger partial charge in [0.25, 0.3) is 5.91 Å². The van der Waals surface area contributed by atoms with Crippen molar-refractivity contribution >= 4 is 11.9 Å². The maximum atomic E-state index is 13.0. The van der Waals surface area contributed by atoms with E-state index in [2.05, 4.69) is 12.1 Å². The number of esters is 1. The van der Waals surface area contributed by atoms with Crippen LogP contribution in [-0.2, 0) is 16.0 Å². The van der Waals surface area contributed by atoms with Gasteiger partial charge in [-0.1, -0.05) is 48.5 Å². The number of piperidine rings is 1. The van der Waals surface area contributed by atoms with Crippen molar-refractivity contribution < 1.29 is 14.3 Å². The van der Waals surface area contributed by atoms with Gasteiger partial charge in [0, 0.05) is 18.7 Å². The maximum absolute atomic E-state index is 13.0. The summed E-state index contributed by atoms with van der Waals surface area (Å²) in [6.45, 7) is 1.19. The number of hydrogen-bond acceptors (Lipinski definition) is 3. The predicted octanol–water partition coefficient (Wildman–Crippen LogP) is 3.30. The first kappa shape index (κ1) is 17.2. The molecule has 0 saturated carbocycles. The van der Waals surface area contributed by atoms with Gasteiger partial charge in [-0.3, -0.25) is 9.59 Å². The Morgan fingerprint density at radius 3 is 2.32 bits per heavy atom. The highest BCUT2D eigenvalue weighted by Gasteiger charge is 2.28.